The Bertz CT molecular complexity index is 1160. The summed E-state index contributed by atoms with van der Waals surface area (Å²) in [5.74, 6) is -0.784. The van der Waals surface area contributed by atoms with Gasteiger partial charge in [0, 0.05) is 29.2 Å². The largest absolute Gasteiger partial charge is 0.497 e. The Balaban J connectivity index is 1.78. The van der Waals surface area contributed by atoms with Crippen LogP contribution in [0.2, 0.25) is 0 Å². The summed E-state index contributed by atoms with van der Waals surface area (Å²) in [6.07, 6.45) is 3.43. The minimum Gasteiger partial charge on any atom is -0.497 e. The summed E-state index contributed by atoms with van der Waals surface area (Å²) in [5, 5.41) is 3.17. The van der Waals surface area contributed by atoms with Crippen LogP contribution in [0.3, 0.4) is 0 Å². The van der Waals surface area contributed by atoms with Crippen molar-refractivity contribution in [1.82, 2.24) is 9.88 Å². The smallest absolute Gasteiger partial charge is 0.335 e. The number of nitrogens with one attached hydrogen (secondary N) is 1. The van der Waals surface area contributed by atoms with Crippen LogP contribution in [0.1, 0.15) is 12.5 Å². The van der Waals surface area contributed by atoms with Crippen LogP contribution in [0.5, 0.6) is 5.75 Å². The first-order valence-corrected chi connectivity index (χ1v) is 9.17. The summed E-state index contributed by atoms with van der Waals surface area (Å²) >= 11 is 0. The molecule has 1 fully saturated rings. The van der Waals surface area contributed by atoms with Gasteiger partial charge in [-0.15, -0.1) is 0 Å². The van der Waals surface area contributed by atoms with Crippen LogP contribution in [0.15, 0.2) is 60.3 Å². The summed E-state index contributed by atoms with van der Waals surface area (Å²) in [4.78, 5) is 38.8. The van der Waals surface area contributed by atoms with Crippen LogP contribution in [0, 0.1) is 0 Å². The Morgan fingerprint density at radius 2 is 1.76 bits per heavy atom. The third kappa shape index (κ3) is 3.16. The maximum Gasteiger partial charge on any atom is 0.335 e. The SMILES string of the molecule is CCn1cc(C=C2C(=O)NC(=O)N(c3ccc(OC)cc3)C2=O)c2ccccc21. The van der Waals surface area contributed by atoms with Gasteiger partial charge in [-0.3, -0.25) is 14.9 Å². The number of carbonyl (C=O) groups is 3. The maximum atomic E-state index is 13.1. The molecule has 1 N–H and O–H groups in total. The first-order chi connectivity index (χ1) is 14.0. The second kappa shape index (κ2) is 7.27. The molecule has 0 bridgehead atoms. The van der Waals surface area contributed by atoms with Gasteiger partial charge in [0.05, 0.1) is 12.8 Å². The Hall–Kier alpha value is -3.87. The van der Waals surface area contributed by atoms with E-state index < -0.39 is 17.8 Å². The molecule has 0 aliphatic carbocycles. The highest BCUT2D eigenvalue weighted by molar-refractivity contribution is 6.39. The van der Waals surface area contributed by atoms with Gasteiger partial charge in [-0.2, -0.15) is 0 Å². The number of aryl methyl sites for hydroxylation is 1. The van der Waals surface area contributed by atoms with E-state index in [2.05, 4.69) is 5.32 Å². The van der Waals surface area contributed by atoms with Crippen LogP contribution < -0.4 is 15.0 Å². The minimum absolute atomic E-state index is 0.0978. The highest BCUT2D eigenvalue weighted by Gasteiger charge is 2.37. The lowest BCUT2D eigenvalue weighted by molar-refractivity contribution is -0.122. The number of anilines is 1. The molecule has 4 amide bonds. The van der Waals surface area contributed by atoms with Crippen molar-refractivity contribution < 1.29 is 19.1 Å². The highest BCUT2D eigenvalue weighted by atomic mass is 16.5. The number of ether oxygens (including phenoxy) is 1. The number of aromatic nitrogens is 1. The third-order valence-electron chi connectivity index (χ3n) is 4.89. The molecule has 0 unspecified atom stereocenters. The topological polar surface area (TPSA) is 80.6 Å². The first kappa shape index (κ1) is 18.5. The van der Waals surface area contributed by atoms with Crippen molar-refractivity contribution in [1.29, 1.82) is 0 Å². The standard InChI is InChI=1S/C22H19N3O4/c1-3-24-13-14(17-6-4-5-7-19(17)24)12-18-20(26)23-22(28)25(21(18)27)15-8-10-16(29-2)11-9-15/h4-13H,3H2,1-2H3,(H,23,26,28). The van der Waals surface area contributed by atoms with E-state index in [1.807, 2.05) is 42.0 Å². The Labute approximate surface area is 167 Å². The van der Waals surface area contributed by atoms with Gasteiger partial charge in [0.2, 0.25) is 0 Å². The zero-order chi connectivity index (χ0) is 20.5. The minimum atomic E-state index is -0.779. The number of para-hydroxylation sites is 1. The van der Waals surface area contributed by atoms with Crippen molar-refractivity contribution in [2.45, 2.75) is 13.5 Å². The van der Waals surface area contributed by atoms with E-state index in [-0.39, 0.29) is 5.57 Å². The number of amides is 4. The molecule has 29 heavy (non-hydrogen) atoms. The second-order valence-electron chi connectivity index (χ2n) is 6.54. The van der Waals surface area contributed by atoms with E-state index in [0.29, 0.717) is 11.4 Å². The molecule has 0 saturated carbocycles. The predicted molar refractivity (Wildman–Crippen MR) is 110 cm³/mol. The van der Waals surface area contributed by atoms with Crippen molar-refractivity contribution in [3.63, 3.8) is 0 Å². The Morgan fingerprint density at radius 1 is 1.03 bits per heavy atom. The molecule has 1 aliphatic heterocycles. The lowest BCUT2D eigenvalue weighted by atomic mass is 10.1. The number of benzene rings is 2. The number of hydrogen-bond acceptors (Lipinski definition) is 4. The number of nitrogens with zero attached hydrogens (tertiary/aromatic N) is 2. The summed E-state index contributed by atoms with van der Waals surface area (Å²) in [6, 6.07) is 13.4. The molecule has 1 aliphatic rings. The zero-order valence-corrected chi connectivity index (χ0v) is 16.0. The molecule has 3 aromatic rings. The monoisotopic (exact) mass is 389 g/mol. The van der Waals surface area contributed by atoms with Crippen LogP contribution in [0.4, 0.5) is 10.5 Å². The van der Waals surface area contributed by atoms with Gasteiger partial charge in [0.15, 0.2) is 0 Å². The summed E-state index contributed by atoms with van der Waals surface area (Å²) < 4.78 is 7.15. The molecule has 2 aromatic carbocycles. The molecule has 7 heteroatoms. The number of rotatable bonds is 4. The van der Waals surface area contributed by atoms with Gasteiger partial charge in [0.25, 0.3) is 11.8 Å². The number of methoxy groups -OCH3 is 1. The maximum absolute atomic E-state index is 13.1. The lowest BCUT2D eigenvalue weighted by Crippen LogP contribution is -2.54. The van der Waals surface area contributed by atoms with Crippen molar-refractivity contribution in [3.8, 4) is 5.75 Å². The van der Waals surface area contributed by atoms with Crippen LogP contribution in [-0.2, 0) is 16.1 Å². The predicted octanol–water partition coefficient (Wildman–Crippen LogP) is 3.34. The fourth-order valence-corrected chi connectivity index (χ4v) is 3.43. The number of barbiturate groups is 1. The van der Waals surface area contributed by atoms with Gasteiger partial charge in [-0.1, -0.05) is 18.2 Å². The van der Waals surface area contributed by atoms with E-state index >= 15 is 0 Å². The van der Waals surface area contributed by atoms with Crippen LogP contribution in [-0.4, -0.2) is 29.5 Å². The van der Waals surface area contributed by atoms with Gasteiger partial charge in [-0.05, 0) is 43.3 Å². The number of hydrogen-bond donors (Lipinski definition) is 1. The van der Waals surface area contributed by atoms with Crippen LogP contribution >= 0.6 is 0 Å². The normalized spacial score (nSPS) is 15.9. The second-order valence-corrected chi connectivity index (χ2v) is 6.54. The highest BCUT2D eigenvalue weighted by Crippen LogP contribution is 2.27. The van der Waals surface area contributed by atoms with Crippen molar-refractivity contribution in [2.75, 3.05) is 12.0 Å². The molecule has 0 atom stereocenters. The van der Waals surface area contributed by atoms with Gasteiger partial charge in [0.1, 0.15) is 11.3 Å². The van der Waals surface area contributed by atoms with E-state index in [0.717, 1.165) is 27.9 Å². The summed E-state index contributed by atoms with van der Waals surface area (Å²) in [5.41, 5.74) is 2.00. The third-order valence-corrected chi connectivity index (χ3v) is 4.89. The molecule has 7 nitrogen and oxygen atoms in total. The molecule has 0 radical (unpaired) electrons. The molecule has 1 aromatic heterocycles. The fourth-order valence-electron chi connectivity index (χ4n) is 3.43. The van der Waals surface area contributed by atoms with E-state index in [1.165, 1.54) is 13.2 Å². The molecule has 4 rings (SSSR count). The number of carbonyl (C=O) groups excluding carboxylic acids is 3. The molecular weight excluding hydrogens is 370 g/mol. The van der Waals surface area contributed by atoms with Crippen molar-refractivity contribution in [3.05, 3.63) is 65.9 Å². The van der Waals surface area contributed by atoms with E-state index in [1.54, 1.807) is 24.3 Å². The Morgan fingerprint density at radius 3 is 2.45 bits per heavy atom. The molecule has 1 saturated heterocycles. The van der Waals surface area contributed by atoms with Gasteiger partial charge < -0.3 is 9.30 Å². The fraction of sp³-hybridized carbons (Fsp3) is 0.136. The van der Waals surface area contributed by atoms with E-state index in [4.69, 9.17) is 4.74 Å². The summed E-state index contributed by atoms with van der Waals surface area (Å²) in [6.45, 7) is 2.77. The average Bonchev–Trinajstić information content (AvgIpc) is 3.09. The molecule has 146 valence electrons. The first-order valence-electron chi connectivity index (χ1n) is 9.17. The lowest BCUT2D eigenvalue weighted by Gasteiger charge is -2.26. The van der Waals surface area contributed by atoms with Crippen molar-refractivity contribution in [2.24, 2.45) is 0 Å². The Kier molecular flexibility index (Phi) is 4.64. The molecule has 2 heterocycles. The zero-order valence-electron chi connectivity index (χ0n) is 16.0. The molecule has 0 spiro atoms. The van der Waals surface area contributed by atoms with Crippen LogP contribution in [0.25, 0.3) is 17.0 Å². The van der Waals surface area contributed by atoms with Gasteiger partial charge in [-0.25, -0.2) is 9.69 Å². The van der Waals surface area contributed by atoms with Crippen molar-refractivity contribution >= 4 is 40.5 Å². The molecular formula is C22H19N3O4. The average molecular weight is 389 g/mol. The van der Waals surface area contributed by atoms with E-state index in [9.17, 15) is 14.4 Å². The quantitative estimate of drug-likeness (QED) is 0.548. The number of fused-ring (bicyclic) bond motifs is 1. The number of urea groups is 1. The van der Waals surface area contributed by atoms with Gasteiger partial charge >= 0.3 is 6.03 Å². The summed E-state index contributed by atoms with van der Waals surface area (Å²) in [7, 11) is 1.53. The number of imide groups is 2.